The highest BCUT2D eigenvalue weighted by molar-refractivity contribution is 5.78. The van der Waals surface area contributed by atoms with Crippen molar-refractivity contribution in [3.63, 3.8) is 0 Å². The van der Waals surface area contributed by atoms with Gasteiger partial charge >= 0.3 is 0 Å². The highest BCUT2D eigenvalue weighted by Gasteiger charge is 2.09. The fourth-order valence-electron chi connectivity index (χ4n) is 1.44. The van der Waals surface area contributed by atoms with Crippen LogP contribution in [0.1, 0.15) is 24.1 Å². The number of carbonyl (C=O) groups excluding carboxylic acids is 1. The molecule has 1 amide bonds. The van der Waals surface area contributed by atoms with Crippen LogP contribution in [-0.2, 0) is 4.79 Å². The Labute approximate surface area is 106 Å². The molecule has 0 saturated carbocycles. The number of nitrogens with one attached hydrogen (secondary N) is 2. The maximum absolute atomic E-state index is 13.4. The average molecular weight is 249 g/mol. The Morgan fingerprint density at radius 1 is 1.56 bits per heavy atom. The molecule has 1 rings (SSSR count). The topological polar surface area (TPSA) is 64.9 Å². The van der Waals surface area contributed by atoms with Gasteiger partial charge in [-0.1, -0.05) is 12.1 Å². The number of hydrogen-bond acceptors (Lipinski definition) is 3. The van der Waals surface area contributed by atoms with E-state index in [1.54, 1.807) is 13.0 Å². The quantitative estimate of drug-likeness (QED) is 0.776. The van der Waals surface area contributed by atoms with E-state index in [1.165, 1.54) is 6.07 Å². The van der Waals surface area contributed by atoms with Crippen LogP contribution < -0.4 is 10.6 Å². The van der Waals surface area contributed by atoms with Crippen molar-refractivity contribution in [1.29, 1.82) is 5.26 Å². The van der Waals surface area contributed by atoms with Crippen LogP contribution in [0.2, 0.25) is 0 Å². The summed E-state index contributed by atoms with van der Waals surface area (Å²) in [5.74, 6) is -0.508. The van der Waals surface area contributed by atoms with Gasteiger partial charge in [0.25, 0.3) is 0 Å². The van der Waals surface area contributed by atoms with E-state index in [-0.39, 0.29) is 30.9 Å². The van der Waals surface area contributed by atoms with E-state index in [0.717, 1.165) is 5.56 Å². The van der Waals surface area contributed by atoms with E-state index in [4.69, 9.17) is 5.26 Å². The number of rotatable bonds is 5. The lowest BCUT2D eigenvalue weighted by Crippen LogP contribution is -2.35. The van der Waals surface area contributed by atoms with Gasteiger partial charge in [0, 0.05) is 6.04 Å². The van der Waals surface area contributed by atoms with Gasteiger partial charge in [-0.05, 0) is 31.0 Å². The van der Waals surface area contributed by atoms with Crippen LogP contribution in [0.5, 0.6) is 0 Å². The highest BCUT2D eigenvalue weighted by Crippen LogP contribution is 2.15. The second kappa shape index (κ2) is 6.72. The van der Waals surface area contributed by atoms with Crippen molar-refractivity contribution in [2.24, 2.45) is 0 Å². The SMILES string of the molecule is Cc1ccc(C(C)NCC(=O)NCC#N)cc1F. The predicted octanol–water partition coefficient (Wildman–Crippen LogP) is 1.42. The second-order valence-electron chi connectivity index (χ2n) is 4.05. The first-order valence-electron chi connectivity index (χ1n) is 5.67. The van der Waals surface area contributed by atoms with Gasteiger partial charge in [0.2, 0.25) is 5.91 Å². The van der Waals surface area contributed by atoms with Gasteiger partial charge in [0.15, 0.2) is 0 Å². The molecule has 18 heavy (non-hydrogen) atoms. The summed E-state index contributed by atoms with van der Waals surface area (Å²) >= 11 is 0. The first-order chi connectivity index (χ1) is 8.54. The van der Waals surface area contributed by atoms with E-state index >= 15 is 0 Å². The summed E-state index contributed by atoms with van der Waals surface area (Å²) in [5.41, 5.74) is 1.38. The third-order valence-electron chi connectivity index (χ3n) is 2.63. The van der Waals surface area contributed by atoms with Crippen LogP contribution >= 0.6 is 0 Å². The van der Waals surface area contributed by atoms with Crippen LogP contribution in [0.4, 0.5) is 4.39 Å². The van der Waals surface area contributed by atoms with E-state index in [1.807, 2.05) is 19.1 Å². The lowest BCUT2D eigenvalue weighted by molar-refractivity contribution is -0.120. The molecule has 1 unspecified atom stereocenters. The number of carbonyl (C=O) groups is 1. The van der Waals surface area contributed by atoms with Crippen molar-refractivity contribution < 1.29 is 9.18 Å². The maximum atomic E-state index is 13.4. The summed E-state index contributed by atoms with van der Waals surface area (Å²) in [6.07, 6.45) is 0. The molecule has 0 aliphatic rings. The summed E-state index contributed by atoms with van der Waals surface area (Å²) in [5, 5.41) is 13.7. The third-order valence-corrected chi connectivity index (χ3v) is 2.63. The minimum absolute atomic E-state index is 0.00590. The van der Waals surface area contributed by atoms with Crippen molar-refractivity contribution in [2.45, 2.75) is 19.9 Å². The first-order valence-corrected chi connectivity index (χ1v) is 5.67. The van der Waals surface area contributed by atoms with Crippen LogP contribution in [0, 0.1) is 24.1 Å². The minimum atomic E-state index is -0.255. The zero-order valence-corrected chi connectivity index (χ0v) is 10.5. The van der Waals surface area contributed by atoms with Gasteiger partial charge in [0.1, 0.15) is 12.4 Å². The largest absolute Gasteiger partial charge is 0.342 e. The number of nitriles is 1. The number of halogens is 1. The number of amides is 1. The Morgan fingerprint density at radius 3 is 2.89 bits per heavy atom. The summed E-state index contributed by atoms with van der Waals surface area (Å²) in [6.45, 7) is 3.64. The van der Waals surface area contributed by atoms with Crippen molar-refractivity contribution in [3.8, 4) is 6.07 Å². The van der Waals surface area contributed by atoms with Gasteiger partial charge in [-0.15, -0.1) is 0 Å². The molecule has 5 heteroatoms. The first kappa shape index (κ1) is 14.1. The van der Waals surface area contributed by atoms with Crippen LogP contribution in [-0.4, -0.2) is 19.0 Å². The van der Waals surface area contributed by atoms with Gasteiger partial charge in [-0.25, -0.2) is 4.39 Å². The Morgan fingerprint density at radius 2 is 2.28 bits per heavy atom. The maximum Gasteiger partial charge on any atom is 0.234 e. The molecule has 96 valence electrons. The molecule has 0 aliphatic heterocycles. The number of benzene rings is 1. The van der Waals surface area contributed by atoms with Crippen LogP contribution in [0.3, 0.4) is 0 Å². The summed E-state index contributed by atoms with van der Waals surface area (Å²) in [7, 11) is 0. The zero-order valence-electron chi connectivity index (χ0n) is 10.5. The fraction of sp³-hybridized carbons (Fsp3) is 0.385. The number of hydrogen-bond donors (Lipinski definition) is 2. The van der Waals surface area contributed by atoms with E-state index in [0.29, 0.717) is 5.56 Å². The van der Waals surface area contributed by atoms with Crippen molar-refractivity contribution in [2.75, 3.05) is 13.1 Å². The van der Waals surface area contributed by atoms with Crippen molar-refractivity contribution in [3.05, 3.63) is 35.1 Å². The smallest absolute Gasteiger partial charge is 0.234 e. The number of aryl methyl sites for hydroxylation is 1. The summed E-state index contributed by atoms with van der Waals surface area (Å²) in [6, 6.07) is 6.68. The zero-order chi connectivity index (χ0) is 13.5. The molecule has 0 saturated heterocycles. The lowest BCUT2D eigenvalue weighted by Gasteiger charge is -2.14. The Kier molecular flexibility index (Phi) is 5.28. The summed E-state index contributed by atoms with van der Waals surface area (Å²) < 4.78 is 13.4. The molecular formula is C13H16FN3O. The molecule has 1 aromatic rings. The molecule has 1 aromatic carbocycles. The highest BCUT2D eigenvalue weighted by atomic mass is 19.1. The molecule has 1 atom stereocenters. The Hall–Kier alpha value is -1.93. The van der Waals surface area contributed by atoms with Gasteiger partial charge < -0.3 is 10.6 Å². The summed E-state index contributed by atoms with van der Waals surface area (Å²) in [4.78, 5) is 11.3. The van der Waals surface area contributed by atoms with E-state index < -0.39 is 0 Å². The molecule has 0 aromatic heterocycles. The van der Waals surface area contributed by atoms with E-state index in [2.05, 4.69) is 10.6 Å². The van der Waals surface area contributed by atoms with Gasteiger partial charge in [-0.3, -0.25) is 4.79 Å². The Balaban J connectivity index is 2.50. The standard InChI is InChI=1S/C13H16FN3O/c1-9-3-4-11(7-12(9)14)10(2)17-8-13(18)16-6-5-15/h3-4,7,10,17H,6,8H2,1-2H3,(H,16,18). The molecule has 2 N–H and O–H groups in total. The lowest BCUT2D eigenvalue weighted by atomic mass is 10.1. The number of nitrogens with zero attached hydrogens (tertiary/aromatic N) is 1. The molecule has 0 bridgehead atoms. The molecule has 4 nitrogen and oxygen atoms in total. The fourth-order valence-corrected chi connectivity index (χ4v) is 1.44. The minimum Gasteiger partial charge on any atom is -0.342 e. The van der Waals surface area contributed by atoms with Gasteiger partial charge in [-0.2, -0.15) is 5.26 Å². The van der Waals surface area contributed by atoms with Crippen LogP contribution in [0.15, 0.2) is 18.2 Å². The van der Waals surface area contributed by atoms with Crippen molar-refractivity contribution >= 4 is 5.91 Å². The molecule has 0 radical (unpaired) electrons. The average Bonchev–Trinajstić information content (AvgIpc) is 2.36. The normalized spacial score (nSPS) is 11.7. The third kappa shape index (κ3) is 4.15. The monoisotopic (exact) mass is 249 g/mol. The van der Waals surface area contributed by atoms with E-state index in [9.17, 15) is 9.18 Å². The van der Waals surface area contributed by atoms with Crippen molar-refractivity contribution in [1.82, 2.24) is 10.6 Å². The molecule has 0 heterocycles. The van der Waals surface area contributed by atoms with Gasteiger partial charge in [0.05, 0.1) is 12.6 Å². The second-order valence-corrected chi connectivity index (χ2v) is 4.05. The predicted molar refractivity (Wildman–Crippen MR) is 66.2 cm³/mol. The molecular weight excluding hydrogens is 233 g/mol. The van der Waals surface area contributed by atoms with Crippen LogP contribution in [0.25, 0.3) is 0 Å². The Bertz CT molecular complexity index is 468. The molecule has 0 fully saturated rings. The molecule has 0 aliphatic carbocycles. The molecule has 0 spiro atoms.